The Labute approximate surface area is 174 Å². The van der Waals surface area contributed by atoms with E-state index in [2.05, 4.69) is 10.2 Å². The van der Waals surface area contributed by atoms with Crippen LogP contribution in [0.15, 0.2) is 72.8 Å². The third kappa shape index (κ3) is 5.95. The zero-order chi connectivity index (χ0) is 22.4. The Balaban J connectivity index is 1.78. The molecule has 0 fully saturated rings. The van der Waals surface area contributed by atoms with Crippen molar-refractivity contribution in [3.63, 3.8) is 0 Å². The molecule has 0 unspecified atom stereocenters. The lowest BCUT2D eigenvalue weighted by molar-refractivity contribution is -0.763. The minimum Gasteiger partial charge on any atom is -0.423 e. The van der Waals surface area contributed by atoms with Gasteiger partial charge in [0, 0.05) is 5.69 Å². The summed E-state index contributed by atoms with van der Waals surface area (Å²) in [5.74, 6) is -0.634. The van der Waals surface area contributed by atoms with Crippen LogP contribution in [0, 0.1) is 10.1 Å². The third-order valence-electron chi connectivity index (χ3n) is 4.06. The van der Waals surface area contributed by atoms with Crippen LogP contribution in [0.25, 0.3) is 0 Å². The van der Waals surface area contributed by atoms with Crippen molar-refractivity contribution in [1.29, 1.82) is 0 Å². The van der Waals surface area contributed by atoms with E-state index < -0.39 is 22.8 Å². The number of rotatable bonds is 7. The lowest BCUT2D eigenvalue weighted by Gasteiger charge is -2.13. The van der Waals surface area contributed by atoms with Gasteiger partial charge in [0.1, 0.15) is 12.4 Å². The number of ether oxygens (including phenoxy) is 1. The van der Waals surface area contributed by atoms with Gasteiger partial charge in [0.2, 0.25) is 0 Å². The van der Waals surface area contributed by atoms with E-state index in [1.807, 2.05) is 0 Å². The van der Waals surface area contributed by atoms with Crippen molar-refractivity contribution in [2.24, 2.45) is 0 Å². The maximum Gasteiger partial charge on any atom is 0.416 e. The molecule has 0 amide bonds. The van der Waals surface area contributed by atoms with Gasteiger partial charge in [0.25, 0.3) is 5.09 Å². The number of alkyl halides is 3. The van der Waals surface area contributed by atoms with Crippen LogP contribution < -0.4 is 10.1 Å². The standard InChI is InChI=1S/C21H15F3N2O5/c22-21(23,24)15-6-4-7-16(12-15)25-19-10-2-1-9-18(19)20(27)31-17-8-3-5-14(11-17)13-30-26(28)29/h1-12,25H,13H2. The molecule has 0 spiro atoms. The lowest BCUT2D eigenvalue weighted by atomic mass is 10.1. The van der Waals surface area contributed by atoms with E-state index in [-0.39, 0.29) is 29.3 Å². The molecular formula is C21H15F3N2O5. The summed E-state index contributed by atoms with van der Waals surface area (Å²) >= 11 is 0. The number of carbonyl (C=O) groups excluding carboxylic acids is 1. The Bertz CT molecular complexity index is 1100. The summed E-state index contributed by atoms with van der Waals surface area (Å²) in [6, 6.07) is 16.7. The average molecular weight is 432 g/mol. The summed E-state index contributed by atoms with van der Waals surface area (Å²) < 4.78 is 44.1. The van der Waals surface area contributed by atoms with Gasteiger partial charge in [-0.05, 0) is 48.0 Å². The van der Waals surface area contributed by atoms with Gasteiger partial charge >= 0.3 is 12.1 Å². The third-order valence-corrected chi connectivity index (χ3v) is 4.06. The van der Waals surface area contributed by atoms with Crippen LogP contribution in [-0.2, 0) is 17.6 Å². The maximum absolute atomic E-state index is 12.9. The van der Waals surface area contributed by atoms with Crippen molar-refractivity contribution in [2.45, 2.75) is 12.8 Å². The fourth-order valence-corrected chi connectivity index (χ4v) is 2.69. The van der Waals surface area contributed by atoms with Crippen LogP contribution in [0.3, 0.4) is 0 Å². The van der Waals surface area contributed by atoms with Crippen molar-refractivity contribution in [3.8, 4) is 5.75 Å². The first-order valence-corrected chi connectivity index (χ1v) is 8.84. The molecule has 10 heteroatoms. The molecule has 0 saturated carbocycles. The Morgan fingerprint density at radius 3 is 2.48 bits per heavy atom. The summed E-state index contributed by atoms with van der Waals surface area (Å²) in [7, 11) is 0. The van der Waals surface area contributed by atoms with Crippen LogP contribution in [0.2, 0.25) is 0 Å². The van der Waals surface area contributed by atoms with Gasteiger partial charge in [-0.3, -0.25) is 0 Å². The van der Waals surface area contributed by atoms with Crippen molar-refractivity contribution in [1.82, 2.24) is 0 Å². The van der Waals surface area contributed by atoms with E-state index >= 15 is 0 Å². The first-order chi connectivity index (χ1) is 14.7. The molecule has 160 valence electrons. The second-order valence-electron chi connectivity index (χ2n) is 6.28. The largest absolute Gasteiger partial charge is 0.423 e. The van der Waals surface area contributed by atoms with Gasteiger partial charge < -0.3 is 14.9 Å². The second-order valence-corrected chi connectivity index (χ2v) is 6.28. The zero-order valence-corrected chi connectivity index (χ0v) is 15.8. The highest BCUT2D eigenvalue weighted by Gasteiger charge is 2.30. The molecule has 0 atom stereocenters. The van der Waals surface area contributed by atoms with Gasteiger partial charge in [-0.2, -0.15) is 13.2 Å². The Morgan fingerprint density at radius 2 is 1.74 bits per heavy atom. The Kier molecular flexibility index (Phi) is 6.39. The van der Waals surface area contributed by atoms with Gasteiger partial charge in [-0.25, -0.2) is 4.79 Å². The van der Waals surface area contributed by atoms with Crippen LogP contribution in [0.4, 0.5) is 24.5 Å². The minimum absolute atomic E-state index is 0.0897. The topological polar surface area (TPSA) is 90.7 Å². The highest BCUT2D eigenvalue weighted by atomic mass is 19.4. The monoisotopic (exact) mass is 432 g/mol. The first kappa shape index (κ1) is 21.6. The number of carbonyl (C=O) groups is 1. The number of nitrogens with one attached hydrogen (secondary N) is 1. The van der Waals surface area contributed by atoms with E-state index in [9.17, 15) is 28.1 Å². The molecule has 0 aliphatic rings. The molecule has 0 aromatic heterocycles. The molecule has 0 bridgehead atoms. The summed E-state index contributed by atoms with van der Waals surface area (Å²) in [5.41, 5.74) is 0.0733. The van der Waals surface area contributed by atoms with E-state index in [0.29, 0.717) is 5.56 Å². The number of para-hydroxylation sites is 1. The summed E-state index contributed by atoms with van der Waals surface area (Å²) in [5, 5.41) is 12.2. The van der Waals surface area contributed by atoms with Gasteiger partial charge in [0.15, 0.2) is 0 Å². The van der Waals surface area contributed by atoms with Crippen LogP contribution >= 0.6 is 0 Å². The van der Waals surface area contributed by atoms with Crippen molar-refractivity contribution in [3.05, 3.63) is 99.6 Å². The van der Waals surface area contributed by atoms with Gasteiger partial charge in [0.05, 0.1) is 16.8 Å². The number of anilines is 2. The highest BCUT2D eigenvalue weighted by Crippen LogP contribution is 2.32. The van der Waals surface area contributed by atoms with Gasteiger partial charge in [-0.1, -0.05) is 30.3 Å². The molecule has 0 radical (unpaired) electrons. The molecule has 0 aliphatic carbocycles. The van der Waals surface area contributed by atoms with Crippen LogP contribution in [-0.4, -0.2) is 11.1 Å². The molecule has 31 heavy (non-hydrogen) atoms. The summed E-state index contributed by atoms with van der Waals surface area (Å²) in [6.07, 6.45) is -4.50. The molecular weight excluding hydrogens is 417 g/mol. The van der Waals surface area contributed by atoms with E-state index in [4.69, 9.17) is 4.74 Å². The number of esters is 1. The Hall–Kier alpha value is -4.08. The minimum atomic E-state index is -4.50. The predicted octanol–water partition coefficient (Wildman–Crippen LogP) is 5.38. The Morgan fingerprint density at radius 1 is 1.00 bits per heavy atom. The zero-order valence-electron chi connectivity index (χ0n) is 15.8. The van der Waals surface area contributed by atoms with E-state index in [1.54, 1.807) is 18.2 Å². The SMILES string of the molecule is O=C(Oc1cccc(CO[N+](=O)[O-])c1)c1ccccc1Nc1cccc(C(F)(F)F)c1. The van der Waals surface area contributed by atoms with Crippen molar-refractivity contribution < 1.29 is 32.6 Å². The summed E-state index contributed by atoms with van der Waals surface area (Å²) in [6.45, 7) is -0.313. The normalized spacial score (nSPS) is 10.9. The molecule has 3 rings (SSSR count). The van der Waals surface area contributed by atoms with Crippen LogP contribution in [0.5, 0.6) is 5.75 Å². The summed E-state index contributed by atoms with van der Waals surface area (Å²) in [4.78, 5) is 27.2. The first-order valence-electron chi connectivity index (χ1n) is 8.84. The number of benzene rings is 3. The highest BCUT2D eigenvalue weighted by molar-refractivity contribution is 5.97. The molecule has 0 heterocycles. The average Bonchev–Trinajstić information content (AvgIpc) is 2.72. The quantitative estimate of drug-likeness (QED) is 0.233. The number of halogens is 3. The molecule has 3 aromatic carbocycles. The fourth-order valence-electron chi connectivity index (χ4n) is 2.69. The lowest BCUT2D eigenvalue weighted by Crippen LogP contribution is -2.11. The van der Waals surface area contributed by atoms with Crippen molar-refractivity contribution in [2.75, 3.05) is 5.32 Å². The van der Waals surface area contributed by atoms with E-state index in [1.165, 1.54) is 42.5 Å². The number of hydrogen-bond acceptors (Lipinski definition) is 6. The smallest absolute Gasteiger partial charge is 0.416 e. The van der Waals surface area contributed by atoms with Crippen molar-refractivity contribution >= 4 is 17.3 Å². The predicted molar refractivity (Wildman–Crippen MR) is 104 cm³/mol. The molecule has 1 N–H and O–H groups in total. The van der Waals surface area contributed by atoms with Gasteiger partial charge in [-0.15, -0.1) is 10.1 Å². The number of nitrogens with zero attached hydrogens (tertiary/aromatic N) is 1. The maximum atomic E-state index is 12.9. The number of hydrogen-bond donors (Lipinski definition) is 1. The fraction of sp³-hybridized carbons (Fsp3) is 0.0952. The molecule has 0 saturated heterocycles. The molecule has 0 aliphatic heterocycles. The van der Waals surface area contributed by atoms with Crippen LogP contribution in [0.1, 0.15) is 21.5 Å². The molecule has 7 nitrogen and oxygen atoms in total. The van der Waals surface area contributed by atoms with E-state index in [0.717, 1.165) is 12.1 Å². The molecule has 3 aromatic rings. The second kappa shape index (κ2) is 9.16.